The van der Waals surface area contributed by atoms with Crippen LogP contribution in [-0.4, -0.2) is 124 Å². The fraction of sp³-hybridized carbons (Fsp3) is 0.521. The normalized spacial score (nSPS) is 24.0. The van der Waals surface area contributed by atoms with Crippen molar-refractivity contribution in [3.05, 3.63) is 72.0 Å². The van der Waals surface area contributed by atoms with Crippen LogP contribution in [0.1, 0.15) is 92.6 Å². The van der Waals surface area contributed by atoms with Gasteiger partial charge in [0, 0.05) is 32.2 Å². The van der Waals surface area contributed by atoms with Crippen LogP contribution in [0.3, 0.4) is 0 Å². The molecule has 1 aliphatic heterocycles. The molecule has 23 heteroatoms. The predicted molar refractivity (Wildman–Crippen MR) is 260 cm³/mol. The quantitative estimate of drug-likeness (QED) is 0.0274. The Labute approximate surface area is 412 Å². The number of hydrogen-bond donors (Lipinski definition) is 11. The maximum atomic E-state index is 14.3. The third-order valence-electron chi connectivity index (χ3n) is 11.1. The minimum absolute atomic E-state index is 0.00227. The van der Waals surface area contributed by atoms with Crippen molar-refractivity contribution in [1.29, 1.82) is 0 Å². The molecule has 23 nitrogen and oxygen atoms in total. The molecular weight excluding hydrogens is 925 g/mol. The summed E-state index contributed by atoms with van der Waals surface area (Å²) < 4.78 is 5.66. The molecule has 13 N–H and O–H groups in total. The summed E-state index contributed by atoms with van der Waals surface area (Å²) in [6, 6.07) is 0.506. The van der Waals surface area contributed by atoms with Crippen LogP contribution in [-0.2, 0) is 59.1 Å². The van der Waals surface area contributed by atoms with Crippen molar-refractivity contribution in [3.63, 3.8) is 0 Å². The van der Waals surface area contributed by atoms with E-state index in [9.17, 15) is 58.2 Å². The number of ether oxygens (including phenoxy) is 1. The molecule has 1 aromatic carbocycles. The molecule has 0 spiro atoms. The number of rotatable bonds is 15. The van der Waals surface area contributed by atoms with Crippen LogP contribution in [0.15, 0.2) is 71.4 Å². The van der Waals surface area contributed by atoms with E-state index in [1.807, 2.05) is 43.3 Å². The van der Waals surface area contributed by atoms with E-state index in [1.165, 1.54) is 26.8 Å². The molecule has 0 unspecified atom stereocenters. The summed E-state index contributed by atoms with van der Waals surface area (Å²) in [5, 5.41) is 37.1. The summed E-state index contributed by atoms with van der Waals surface area (Å²) in [5.41, 5.74) is 12.0. The Morgan fingerprint density at radius 3 is 2.03 bits per heavy atom. The van der Waals surface area contributed by atoms with Gasteiger partial charge < -0.3 is 63.6 Å². The maximum Gasteiger partial charge on any atom is 0.326 e. The third kappa shape index (κ3) is 22.1. The van der Waals surface area contributed by atoms with Crippen molar-refractivity contribution in [1.82, 2.24) is 37.2 Å². The predicted octanol–water partition coefficient (Wildman–Crippen LogP) is -0.0531. The van der Waals surface area contributed by atoms with Crippen molar-refractivity contribution in [2.45, 2.75) is 136 Å². The van der Waals surface area contributed by atoms with E-state index >= 15 is 0 Å². The Morgan fingerprint density at radius 2 is 1.44 bits per heavy atom. The van der Waals surface area contributed by atoms with Gasteiger partial charge in [0.25, 0.3) is 5.91 Å². The first-order valence-electron chi connectivity index (χ1n) is 23.2. The number of carboxylic acid groups (broad SMARTS) is 2. The second kappa shape index (κ2) is 29.4. The minimum Gasteiger partial charge on any atom is -0.480 e. The van der Waals surface area contributed by atoms with E-state index in [1.54, 1.807) is 26.8 Å². The molecule has 1 fully saturated rings. The summed E-state index contributed by atoms with van der Waals surface area (Å²) in [6.45, 7) is 14.5. The molecule has 0 saturated carbocycles. The maximum absolute atomic E-state index is 14.3. The summed E-state index contributed by atoms with van der Waals surface area (Å²) in [7, 11) is 0. The van der Waals surface area contributed by atoms with Gasteiger partial charge in [0.15, 0.2) is 5.96 Å². The zero-order valence-electron chi connectivity index (χ0n) is 41.2. The first-order chi connectivity index (χ1) is 33.3. The molecule has 390 valence electrons. The number of nitrogens with zero attached hydrogens (tertiary/aromatic N) is 1. The molecule has 71 heavy (non-hydrogen) atoms. The van der Waals surface area contributed by atoms with Crippen LogP contribution in [0.25, 0.3) is 0 Å². The number of carboxylic acids is 2. The standard InChI is InChI=1S/C48H70N10O13/c1-25(2)21-36-45(66)58-37(47(69)70)24-40(61)54-34(15-12-20-51-48(49)50)44(65)55-33(17-16-26(3)22-27(4)38(71-31(8)59)23-32-13-10-9-11-14-32)28(5)41(62)56-35(46(67)68)18-19-39(60)52-29(6)42(63)53-30(7)43(64)57-36/h9-11,13-14,16-17,22,25,27-28,30,33-38H,6,12,15,18-21,23-24H2,1-5,7-8H3,(H,52,60)(H,53,63)(H,54,61)(H,55,65)(H,56,62)(H,57,64)(H,58,66)(H,67,68)(H,69,70)(H4,49,50,51)/b17-16+,26-22+/t27-,28-,30+,33-,34-,35+,36-,37+,38-/m0/s1. The number of carbonyl (C=O) groups excluding carboxylic acids is 8. The first-order valence-corrected chi connectivity index (χ1v) is 23.2. The Hall–Kier alpha value is -7.59. The Morgan fingerprint density at radius 1 is 0.817 bits per heavy atom. The van der Waals surface area contributed by atoms with Gasteiger partial charge in [-0.25, -0.2) is 9.59 Å². The number of carbonyl (C=O) groups is 10. The molecule has 1 aliphatic rings. The fourth-order valence-corrected chi connectivity index (χ4v) is 7.15. The van der Waals surface area contributed by atoms with Crippen LogP contribution in [0.2, 0.25) is 0 Å². The van der Waals surface area contributed by atoms with E-state index < -0.39 is 132 Å². The monoisotopic (exact) mass is 995 g/mol. The summed E-state index contributed by atoms with van der Waals surface area (Å²) in [6.07, 6.45) is 2.78. The molecule has 0 bridgehead atoms. The second-order valence-electron chi connectivity index (χ2n) is 17.8. The number of esters is 1. The van der Waals surface area contributed by atoms with Crippen LogP contribution < -0.4 is 48.7 Å². The van der Waals surface area contributed by atoms with E-state index in [0.29, 0.717) is 12.0 Å². The topological polar surface area (TPSA) is 369 Å². The third-order valence-corrected chi connectivity index (χ3v) is 11.1. The van der Waals surface area contributed by atoms with E-state index in [-0.39, 0.29) is 43.6 Å². The van der Waals surface area contributed by atoms with Crippen LogP contribution in [0, 0.1) is 17.8 Å². The number of guanidine groups is 1. The number of nitrogens with one attached hydrogen (secondary N) is 7. The van der Waals surface area contributed by atoms with Crippen molar-refractivity contribution >= 4 is 65.2 Å². The zero-order chi connectivity index (χ0) is 53.5. The highest BCUT2D eigenvalue weighted by atomic mass is 16.5. The number of amides is 7. The van der Waals surface area contributed by atoms with Gasteiger partial charge in [0.1, 0.15) is 36.3 Å². The van der Waals surface area contributed by atoms with Crippen molar-refractivity contribution in [2.24, 2.45) is 34.2 Å². The number of hydrogen-bond acceptors (Lipinski definition) is 12. The van der Waals surface area contributed by atoms with Gasteiger partial charge in [-0.2, -0.15) is 0 Å². The van der Waals surface area contributed by atoms with Gasteiger partial charge in [-0.05, 0) is 51.0 Å². The van der Waals surface area contributed by atoms with Crippen molar-refractivity contribution in [3.8, 4) is 0 Å². The van der Waals surface area contributed by atoms with Gasteiger partial charge in [-0.1, -0.05) is 88.4 Å². The lowest BCUT2D eigenvalue weighted by molar-refractivity contribution is -0.148. The average molecular weight is 995 g/mol. The highest BCUT2D eigenvalue weighted by Crippen LogP contribution is 2.19. The Bertz CT molecular complexity index is 2190. The first kappa shape index (κ1) is 59.5. The van der Waals surface area contributed by atoms with Gasteiger partial charge >= 0.3 is 17.9 Å². The van der Waals surface area contributed by atoms with Crippen molar-refractivity contribution in [2.75, 3.05) is 6.54 Å². The number of aliphatic carboxylic acids is 2. The summed E-state index contributed by atoms with van der Waals surface area (Å²) in [5.74, 6) is -12.2. The Kier molecular flexibility index (Phi) is 24.7. The lowest BCUT2D eigenvalue weighted by Gasteiger charge is -2.27. The summed E-state index contributed by atoms with van der Waals surface area (Å²) in [4.78, 5) is 135. The molecule has 0 aliphatic carbocycles. The van der Waals surface area contributed by atoms with Crippen LogP contribution in [0.5, 0.6) is 0 Å². The molecule has 0 radical (unpaired) electrons. The Balaban J connectivity index is 2.69. The number of nitrogens with two attached hydrogens (primary N) is 2. The number of benzene rings is 1. The highest BCUT2D eigenvalue weighted by molar-refractivity contribution is 6.00. The second-order valence-corrected chi connectivity index (χ2v) is 17.8. The summed E-state index contributed by atoms with van der Waals surface area (Å²) >= 11 is 0. The largest absolute Gasteiger partial charge is 0.480 e. The minimum atomic E-state index is -1.87. The van der Waals surface area contributed by atoms with E-state index in [2.05, 4.69) is 48.8 Å². The van der Waals surface area contributed by atoms with E-state index in [4.69, 9.17) is 16.2 Å². The molecule has 0 aromatic heterocycles. The molecule has 9 atom stereocenters. The molecular formula is C48H70N10O13. The van der Waals surface area contributed by atoms with E-state index in [0.717, 1.165) is 5.56 Å². The van der Waals surface area contributed by atoms with Gasteiger partial charge in [0.05, 0.1) is 24.1 Å². The van der Waals surface area contributed by atoms with Gasteiger partial charge in [-0.15, -0.1) is 0 Å². The molecule has 2 rings (SSSR count). The molecule has 1 saturated heterocycles. The average Bonchev–Trinajstić information content (AvgIpc) is 3.28. The number of aliphatic imine (C=N–C) groups is 1. The smallest absolute Gasteiger partial charge is 0.326 e. The number of allylic oxidation sites excluding steroid dienone is 2. The van der Waals surface area contributed by atoms with Crippen LogP contribution in [0.4, 0.5) is 0 Å². The molecule has 7 amide bonds. The lowest BCUT2D eigenvalue weighted by Crippen LogP contribution is -2.57. The fourth-order valence-electron chi connectivity index (χ4n) is 7.15. The van der Waals surface area contributed by atoms with Gasteiger partial charge in [0.2, 0.25) is 35.4 Å². The van der Waals surface area contributed by atoms with Crippen LogP contribution >= 0.6 is 0 Å². The highest BCUT2D eigenvalue weighted by Gasteiger charge is 2.34. The van der Waals surface area contributed by atoms with Gasteiger partial charge in [-0.3, -0.25) is 43.3 Å². The molecule has 1 aromatic rings. The molecule has 1 heterocycles. The SMILES string of the molecule is C=C1NC(=O)CC[C@H](C(=O)O)NC(=O)[C@@H](C)[C@H](/C=C/C(C)=C/[C@H](C)[C@H](Cc2ccccc2)OC(C)=O)NC(=O)[C@H](CCCN=C(N)N)NC(=O)C[C@H](C(=O)O)NC(=O)[C@H](CC(C)C)NC(=O)[C@@H](C)NC1=O. The lowest BCUT2D eigenvalue weighted by atomic mass is 9.94. The van der Waals surface area contributed by atoms with Crippen molar-refractivity contribution < 1.29 is 62.9 Å². The zero-order valence-corrected chi connectivity index (χ0v) is 41.2.